The van der Waals surface area contributed by atoms with Gasteiger partial charge in [0.05, 0.1) is 16.2 Å². The second-order valence-electron chi connectivity index (χ2n) is 6.90. The van der Waals surface area contributed by atoms with Crippen LogP contribution in [0.3, 0.4) is 0 Å². The summed E-state index contributed by atoms with van der Waals surface area (Å²) in [6, 6.07) is 8.75. The third kappa shape index (κ3) is 3.29. The highest BCUT2D eigenvalue weighted by Gasteiger charge is 2.30. The molecule has 1 aliphatic heterocycles. The lowest BCUT2D eigenvalue weighted by molar-refractivity contribution is 0.0507. The van der Waals surface area contributed by atoms with Gasteiger partial charge in [-0.25, -0.2) is 9.78 Å². The Balaban J connectivity index is 1.64. The van der Waals surface area contributed by atoms with Crippen LogP contribution >= 0.6 is 11.6 Å². The quantitative estimate of drug-likeness (QED) is 0.688. The van der Waals surface area contributed by atoms with E-state index in [0.29, 0.717) is 35.7 Å². The van der Waals surface area contributed by atoms with E-state index in [2.05, 4.69) is 9.97 Å². The second kappa shape index (κ2) is 7.16. The summed E-state index contributed by atoms with van der Waals surface area (Å²) in [5.41, 5.74) is 2.80. The van der Waals surface area contributed by atoms with Gasteiger partial charge in [0.2, 0.25) is 0 Å². The fraction of sp³-hybridized carbons (Fsp3) is 0.250. The van der Waals surface area contributed by atoms with Crippen LogP contribution in [0.2, 0.25) is 5.02 Å². The minimum Gasteiger partial charge on any atom is -0.465 e. The highest BCUT2D eigenvalue weighted by atomic mass is 35.5. The lowest BCUT2D eigenvalue weighted by atomic mass is 10.1. The fourth-order valence-corrected chi connectivity index (χ4v) is 3.82. The summed E-state index contributed by atoms with van der Waals surface area (Å²) >= 11 is 6.42. The van der Waals surface area contributed by atoms with Crippen molar-refractivity contribution in [2.45, 2.75) is 13.0 Å². The van der Waals surface area contributed by atoms with Gasteiger partial charge >= 0.3 is 6.09 Å². The first kappa shape index (κ1) is 18.3. The molecular formula is C20H19ClN4O3. The molecule has 3 aromatic rings. The largest absolute Gasteiger partial charge is 0.465 e. The van der Waals surface area contributed by atoms with Gasteiger partial charge in [0, 0.05) is 54.6 Å². The van der Waals surface area contributed by atoms with Gasteiger partial charge in [-0.3, -0.25) is 4.79 Å². The molecule has 3 heterocycles. The van der Waals surface area contributed by atoms with E-state index in [1.54, 1.807) is 36.1 Å². The number of carbonyl (C=O) groups excluding carboxylic acids is 1. The lowest BCUT2D eigenvalue weighted by Crippen LogP contribution is -2.55. The minimum absolute atomic E-state index is 0.135. The zero-order valence-electron chi connectivity index (χ0n) is 15.2. The second-order valence-corrected chi connectivity index (χ2v) is 7.30. The predicted octanol–water partition coefficient (Wildman–Crippen LogP) is 3.71. The van der Waals surface area contributed by atoms with Gasteiger partial charge in [0.1, 0.15) is 0 Å². The highest BCUT2D eigenvalue weighted by Crippen LogP contribution is 2.29. The zero-order chi connectivity index (χ0) is 19.8. The number of hydrogen-bond donors (Lipinski definition) is 2. The topological polar surface area (TPSA) is 89.5 Å². The van der Waals surface area contributed by atoms with Crippen LogP contribution < -0.4 is 0 Å². The van der Waals surface area contributed by atoms with Crippen LogP contribution in [0.5, 0.6) is 0 Å². The van der Waals surface area contributed by atoms with Gasteiger partial charge in [0.25, 0.3) is 5.91 Å². The Morgan fingerprint density at radius 2 is 2.07 bits per heavy atom. The Morgan fingerprint density at radius 3 is 2.75 bits per heavy atom. The molecule has 1 aromatic carbocycles. The van der Waals surface area contributed by atoms with Crippen LogP contribution in [-0.2, 0) is 0 Å². The number of fused-ring (bicyclic) bond motifs is 1. The third-order valence-electron chi connectivity index (χ3n) is 5.06. The molecule has 2 N–H and O–H groups in total. The van der Waals surface area contributed by atoms with Gasteiger partial charge in [-0.2, -0.15) is 0 Å². The monoisotopic (exact) mass is 398 g/mol. The van der Waals surface area contributed by atoms with Gasteiger partial charge in [-0.1, -0.05) is 17.7 Å². The number of aromatic nitrogens is 2. The summed E-state index contributed by atoms with van der Waals surface area (Å²) in [4.78, 5) is 34.9. The Kier molecular flexibility index (Phi) is 4.68. The maximum absolute atomic E-state index is 13.0. The molecule has 1 atom stereocenters. The number of halogens is 1. The Morgan fingerprint density at radius 1 is 1.25 bits per heavy atom. The minimum atomic E-state index is -0.957. The SMILES string of the molecule is CC1CN(C(=O)c2ccc3c(Cl)cc(-c4cc[nH]c4)nc3c2)CCN1C(=O)O. The fourth-order valence-electron chi connectivity index (χ4n) is 3.56. The third-order valence-corrected chi connectivity index (χ3v) is 5.37. The number of hydrogen-bond acceptors (Lipinski definition) is 3. The van der Waals surface area contributed by atoms with Gasteiger partial charge in [0.15, 0.2) is 0 Å². The maximum atomic E-state index is 13.0. The molecule has 144 valence electrons. The number of carbonyl (C=O) groups is 2. The van der Waals surface area contributed by atoms with Crippen LogP contribution in [0.25, 0.3) is 22.2 Å². The molecule has 0 aliphatic carbocycles. The van der Waals surface area contributed by atoms with Crippen LogP contribution in [0.4, 0.5) is 4.79 Å². The molecule has 28 heavy (non-hydrogen) atoms. The van der Waals surface area contributed by atoms with Gasteiger partial charge in [-0.05, 0) is 31.2 Å². The molecule has 1 aliphatic rings. The molecule has 1 fully saturated rings. The van der Waals surface area contributed by atoms with Crippen molar-refractivity contribution in [2.75, 3.05) is 19.6 Å². The zero-order valence-corrected chi connectivity index (χ0v) is 16.0. The summed E-state index contributed by atoms with van der Waals surface area (Å²) in [6.45, 7) is 2.84. The van der Waals surface area contributed by atoms with Crippen molar-refractivity contribution in [2.24, 2.45) is 0 Å². The van der Waals surface area contributed by atoms with E-state index in [-0.39, 0.29) is 11.9 Å². The molecule has 0 spiro atoms. The first-order valence-corrected chi connectivity index (χ1v) is 9.34. The molecule has 4 rings (SSSR count). The van der Waals surface area contributed by atoms with Crippen molar-refractivity contribution in [3.05, 3.63) is 53.3 Å². The van der Waals surface area contributed by atoms with Crippen LogP contribution in [0, 0.1) is 0 Å². The molecule has 2 amide bonds. The van der Waals surface area contributed by atoms with Crippen molar-refractivity contribution in [1.82, 2.24) is 19.8 Å². The van der Waals surface area contributed by atoms with E-state index in [9.17, 15) is 14.7 Å². The van der Waals surface area contributed by atoms with Crippen molar-refractivity contribution in [3.63, 3.8) is 0 Å². The number of benzene rings is 1. The standard InChI is InChI=1S/C20H19ClN4O3/c1-12-11-24(6-7-25(12)20(27)28)19(26)13-2-3-15-16(21)9-17(23-18(15)8-13)14-4-5-22-10-14/h2-5,8-10,12,22H,6-7,11H2,1H3,(H,27,28). The van der Waals surface area contributed by atoms with E-state index < -0.39 is 6.09 Å². The number of nitrogens with one attached hydrogen (secondary N) is 1. The number of nitrogens with zero attached hydrogens (tertiary/aromatic N) is 3. The van der Waals surface area contributed by atoms with E-state index in [1.807, 2.05) is 18.5 Å². The highest BCUT2D eigenvalue weighted by molar-refractivity contribution is 6.35. The average molecular weight is 399 g/mol. The van der Waals surface area contributed by atoms with E-state index in [4.69, 9.17) is 11.6 Å². The number of pyridine rings is 1. The van der Waals surface area contributed by atoms with E-state index >= 15 is 0 Å². The molecule has 1 saturated heterocycles. The van der Waals surface area contributed by atoms with Crippen LogP contribution in [-0.4, -0.2) is 62.6 Å². The number of piperazine rings is 1. The Bertz CT molecular complexity index is 1050. The maximum Gasteiger partial charge on any atom is 0.407 e. The molecule has 0 bridgehead atoms. The van der Waals surface area contributed by atoms with Crippen molar-refractivity contribution in [3.8, 4) is 11.3 Å². The first-order valence-electron chi connectivity index (χ1n) is 8.96. The van der Waals surface area contributed by atoms with E-state index in [1.165, 1.54) is 4.90 Å². The summed E-state index contributed by atoms with van der Waals surface area (Å²) in [5, 5.41) is 10.6. The molecule has 0 saturated carbocycles. The van der Waals surface area contributed by atoms with Gasteiger partial charge < -0.3 is 19.9 Å². The summed E-state index contributed by atoms with van der Waals surface area (Å²) < 4.78 is 0. The van der Waals surface area contributed by atoms with Crippen LogP contribution in [0.1, 0.15) is 17.3 Å². The van der Waals surface area contributed by atoms with Gasteiger partial charge in [-0.15, -0.1) is 0 Å². The predicted molar refractivity (Wildman–Crippen MR) is 107 cm³/mol. The number of carboxylic acid groups (broad SMARTS) is 1. The van der Waals surface area contributed by atoms with Crippen molar-refractivity contribution >= 4 is 34.5 Å². The molecule has 0 radical (unpaired) electrons. The van der Waals surface area contributed by atoms with Crippen LogP contribution in [0.15, 0.2) is 42.7 Å². The average Bonchev–Trinajstić information content (AvgIpc) is 3.21. The smallest absolute Gasteiger partial charge is 0.407 e. The normalized spacial score (nSPS) is 17.1. The number of aromatic amines is 1. The van der Waals surface area contributed by atoms with E-state index in [0.717, 1.165) is 16.6 Å². The van der Waals surface area contributed by atoms with Crippen molar-refractivity contribution < 1.29 is 14.7 Å². The number of H-pyrrole nitrogens is 1. The first-order chi connectivity index (χ1) is 13.4. The Hall–Kier alpha value is -3.06. The summed E-state index contributed by atoms with van der Waals surface area (Å²) in [6.07, 6.45) is 2.69. The molecular weight excluding hydrogens is 380 g/mol. The molecule has 1 unspecified atom stereocenters. The molecule has 8 heteroatoms. The number of rotatable bonds is 2. The van der Waals surface area contributed by atoms with Crippen molar-refractivity contribution in [1.29, 1.82) is 0 Å². The Labute approximate surface area is 166 Å². The molecule has 2 aromatic heterocycles. The lowest BCUT2D eigenvalue weighted by Gasteiger charge is -2.38. The molecule has 7 nitrogen and oxygen atoms in total. The summed E-state index contributed by atoms with van der Waals surface area (Å²) in [7, 11) is 0. The number of amides is 2. The summed E-state index contributed by atoms with van der Waals surface area (Å²) in [5.74, 6) is -0.135.